The first-order valence-electron chi connectivity index (χ1n) is 6.75. The van der Waals surface area contributed by atoms with Gasteiger partial charge in [0.25, 0.3) is 0 Å². The van der Waals surface area contributed by atoms with E-state index in [1.165, 1.54) is 4.57 Å². The van der Waals surface area contributed by atoms with Crippen LogP contribution in [-0.4, -0.2) is 10.7 Å². The van der Waals surface area contributed by atoms with Gasteiger partial charge in [-0.3, -0.25) is 4.57 Å². The highest BCUT2D eigenvalue weighted by atomic mass is 35.5. The number of ether oxygens (including phenoxy) is 1. The van der Waals surface area contributed by atoms with Crippen LogP contribution in [0.25, 0.3) is 10.9 Å². The third-order valence-corrected chi connectivity index (χ3v) is 3.92. The predicted octanol–water partition coefficient (Wildman–Crippen LogP) is 5.22. The third-order valence-electron chi connectivity index (χ3n) is 3.39. The number of hydrogen-bond donors (Lipinski definition) is 0. The minimum atomic E-state index is -0.437. The van der Waals surface area contributed by atoms with Crippen molar-refractivity contribution in [3.05, 3.63) is 70.9 Å². The summed E-state index contributed by atoms with van der Waals surface area (Å²) >= 11 is 11.9. The number of rotatable bonds is 3. The van der Waals surface area contributed by atoms with Crippen molar-refractivity contribution in [2.24, 2.45) is 0 Å². The van der Waals surface area contributed by atoms with Crippen LogP contribution in [0.1, 0.15) is 11.1 Å². The lowest BCUT2D eigenvalue weighted by Gasteiger charge is -2.06. The lowest BCUT2D eigenvalue weighted by Crippen LogP contribution is -2.12. The van der Waals surface area contributed by atoms with Crippen LogP contribution in [0.15, 0.2) is 54.7 Å². The lowest BCUT2D eigenvalue weighted by atomic mass is 10.2. The quantitative estimate of drug-likeness (QED) is 0.615. The van der Waals surface area contributed by atoms with Gasteiger partial charge in [-0.05, 0) is 29.3 Å². The summed E-state index contributed by atoms with van der Waals surface area (Å²) in [6.07, 6.45) is 1.26. The van der Waals surface area contributed by atoms with Crippen LogP contribution in [0.5, 0.6) is 0 Å². The van der Waals surface area contributed by atoms with Crippen molar-refractivity contribution < 1.29 is 9.53 Å². The van der Waals surface area contributed by atoms with E-state index in [0.717, 1.165) is 22.0 Å². The minimum absolute atomic E-state index is 0.225. The van der Waals surface area contributed by atoms with Crippen molar-refractivity contribution in [1.29, 1.82) is 0 Å². The molecule has 0 saturated heterocycles. The van der Waals surface area contributed by atoms with Gasteiger partial charge in [0.2, 0.25) is 0 Å². The van der Waals surface area contributed by atoms with E-state index in [4.69, 9.17) is 27.9 Å². The summed E-state index contributed by atoms with van der Waals surface area (Å²) in [5.41, 5.74) is 2.52. The number of benzene rings is 2. The average Bonchev–Trinajstić information content (AvgIpc) is 2.91. The van der Waals surface area contributed by atoms with Gasteiger partial charge in [-0.2, -0.15) is 0 Å². The zero-order chi connectivity index (χ0) is 15.5. The predicted molar refractivity (Wildman–Crippen MR) is 88.5 cm³/mol. The number of fused-ring (bicyclic) bond motifs is 1. The third kappa shape index (κ3) is 2.96. The van der Waals surface area contributed by atoms with Crippen molar-refractivity contribution in [3.63, 3.8) is 0 Å². The summed E-state index contributed by atoms with van der Waals surface area (Å²) in [5, 5.41) is 1.47. The molecular weight excluding hydrogens is 321 g/mol. The molecule has 0 amide bonds. The molecule has 3 nitrogen and oxygen atoms in total. The lowest BCUT2D eigenvalue weighted by molar-refractivity contribution is 0.142. The molecule has 0 spiro atoms. The second-order valence-electron chi connectivity index (χ2n) is 4.86. The molecule has 112 valence electrons. The van der Waals surface area contributed by atoms with E-state index in [0.29, 0.717) is 10.9 Å². The van der Waals surface area contributed by atoms with Crippen LogP contribution < -0.4 is 0 Å². The van der Waals surface area contributed by atoms with Gasteiger partial charge in [0, 0.05) is 22.5 Å². The van der Waals surface area contributed by atoms with Gasteiger partial charge in [-0.25, -0.2) is 4.79 Å². The number of carbonyl (C=O) groups excluding carboxylic acids is 1. The maximum absolute atomic E-state index is 12.3. The number of carbonyl (C=O) groups is 1. The smallest absolute Gasteiger partial charge is 0.418 e. The minimum Gasteiger partial charge on any atom is -0.444 e. The highest BCUT2D eigenvalue weighted by Gasteiger charge is 2.14. The molecular formula is C17H13Cl2NO2. The van der Waals surface area contributed by atoms with Crippen molar-refractivity contribution in [2.45, 2.75) is 12.5 Å². The van der Waals surface area contributed by atoms with Gasteiger partial charge in [0.05, 0.1) is 5.52 Å². The van der Waals surface area contributed by atoms with E-state index in [2.05, 4.69) is 0 Å². The van der Waals surface area contributed by atoms with Gasteiger partial charge in [0.15, 0.2) is 0 Å². The Morgan fingerprint density at radius 1 is 1.14 bits per heavy atom. The zero-order valence-corrected chi connectivity index (χ0v) is 13.1. The molecule has 0 unspecified atom stereocenters. The molecule has 22 heavy (non-hydrogen) atoms. The van der Waals surface area contributed by atoms with Crippen LogP contribution >= 0.6 is 23.2 Å². The Hall–Kier alpha value is -1.97. The van der Waals surface area contributed by atoms with Crippen molar-refractivity contribution in [3.8, 4) is 0 Å². The number of hydrogen-bond acceptors (Lipinski definition) is 2. The zero-order valence-electron chi connectivity index (χ0n) is 11.6. The fraction of sp³-hybridized carbons (Fsp3) is 0.118. The van der Waals surface area contributed by atoms with Crippen molar-refractivity contribution in [1.82, 2.24) is 4.57 Å². The van der Waals surface area contributed by atoms with E-state index in [9.17, 15) is 4.79 Å². The highest BCUT2D eigenvalue weighted by Crippen LogP contribution is 2.26. The van der Waals surface area contributed by atoms with Crippen LogP contribution in [0.3, 0.4) is 0 Å². The largest absolute Gasteiger partial charge is 0.444 e. The molecule has 0 saturated carbocycles. The molecule has 3 aromatic rings. The van der Waals surface area contributed by atoms with Gasteiger partial charge in [0.1, 0.15) is 6.61 Å². The maximum Gasteiger partial charge on any atom is 0.418 e. The Morgan fingerprint density at radius 3 is 2.64 bits per heavy atom. The molecule has 0 radical (unpaired) electrons. The van der Waals surface area contributed by atoms with Crippen LogP contribution in [0, 0.1) is 0 Å². The van der Waals surface area contributed by atoms with Crippen LogP contribution in [0.2, 0.25) is 5.02 Å². The summed E-state index contributed by atoms with van der Waals surface area (Å²) in [6.45, 7) is 0.225. The molecule has 0 aliphatic heterocycles. The van der Waals surface area contributed by atoms with E-state index >= 15 is 0 Å². The summed E-state index contributed by atoms with van der Waals surface area (Å²) in [7, 11) is 0. The number of halogens is 2. The molecule has 0 aliphatic rings. The maximum atomic E-state index is 12.3. The highest BCUT2D eigenvalue weighted by molar-refractivity contribution is 6.31. The molecule has 0 fully saturated rings. The second-order valence-corrected chi connectivity index (χ2v) is 5.56. The Bertz CT molecular complexity index is 812. The van der Waals surface area contributed by atoms with Gasteiger partial charge >= 0.3 is 6.09 Å². The SMILES string of the molecule is O=C(OCc1ccccc1)n1cc(CCl)c2cc(Cl)ccc21. The van der Waals surface area contributed by atoms with Gasteiger partial charge in [-0.1, -0.05) is 41.9 Å². The Morgan fingerprint density at radius 2 is 1.91 bits per heavy atom. The van der Waals surface area contributed by atoms with Crippen LogP contribution in [0.4, 0.5) is 4.79 Å². The Balaban J connectivity index is 1.88. The second kappa shape index (κ2) is 6.42. The van der Waals surface area contributed by atoms with Gasteiger partial charge < -0.3 is 4.74 Å². The fourth-order valence-corrected chi connectivity index (χ4v) is 2.70. The van der Waals surface area contributed by atoms with E-state index < -0.39 is 6.09 Å². The van der Waals surface area contributed by atoms with E-state index in [-0.39, 0.29) is 6.61 Å². The fourth-order valence-electron chi connectivity index (χ4n) is 2.32. The van der Waals surface area contributed by atoms with Crippen LogP contribution in [-0.2, 0) is 17.2 Å². The number of nitrogens with zero attached hydrogens (tertiary/aromatic N) is 1. The van der Waals surface area contributed by atoms with Gasteiger partial charge in [-0.15, -0.1) is 11.6 Å². The standard InChI is InChI=1S/C17H13Cl2NO2/c18-9-13-10-20(16-7-6-14(19)8-15(13)16)17(21)22-11-12-4-2-1-3-5-12/h1-8,10H,9,11H2. The first-order chi connectivity index (χ1) is 10.7. The monoisotopic (exact) mass is 333 g/mol. The first kappa shape index (κ1) is 14.9. The summed E-state index contributed by atoms with van der Waals surface area (Å²) < 4.78 is 6.82. The Kier molecular flexibility index (Phi) is 4.36. The summed E-state index contributed by atoms with van der Waals surface area (Å²) in [6, 6.07) is 14.9. The molecule has 2 aromatic carbocycles. The molecule has 3 rings (SSSR count). The number of alkyl halides is 1. The topological polar surface area (TPSA) is 31.2 Å². The summed E-state index contributed by atoms with van der Waals surface area (Å²) in [4.78, 5) is 12.3. The molecule has 0 N–H and O–H groups in total. The van der Waals surface area contributed by atoms with E-state index in [1.54, 1.807) is 24.4 Å². The molecule has 0 bridgehead atoms. The van der Waals surface area contributed by atoms with Crippen molar-refractivity contribution in [2.75, 3.05) is 0 Å². The average molecular weight is 334 g/mol. The molecule has 1 aromatic heterocycles. The Labute approximate surface area is 138 Å². The molecule has 0 atom stereocenters. The molecule has 0 aliphatic carbocycles. The molecule has 1 heterocycles. The molecule has 5 heteroatoms. The van der Waals surface area contributed by atoms with E-state index in [1.807, 2.05) is 30.3 Å². The number of aromatic nitrogens is 1. The first-order valence-corrected chi connectivity index (χ1v) is 7.67. The normalized spacial score (nSPS) is 10.8. The summed E-state index contributed by atoms with van der Waals surface area (Å²) in [5.74, 6) is 0.301. The van der Waals surface area contributed by atoms with Crippen molar-refractivity contribution >= 4 is 40.2 Å².